The highest BCUT2D eigenvalue weighted by atomic mass is 35.5. The Labute approximate surface area is 276 Å². The Hall–Kier alpha value is -3.90. The van der Waals surface area contributed by atoms with Crippen LogP contribution in [0.2, 0.25) is 10.0 Å². The molecule has 9 nitrogen and oxygen atoms in total. The predicted molar refractivity (Wildman–Crippen MR) is 175 cm³/mol. The van der Waals surface area contributed by atoms with E-state index in [-0.39, 0.29) is 28.8 Å². The van der Waals surface area contributed by atoms with Crippen LogP contribution in [-0.4, -0.2) is 40.1 Å². The second-order valence-electron chi connectivity index (χ2n) is 10.5. The predicted octanol–water partition coefficient (Wildman–Crippen LogP) is 6.14. The van der Waals surface area contributed by atoms with E-state index in [0.29, 0.717) is 26.8 Å². The number of carbonyl (C=O) groups excluding carboxylic acids is 4. The van der Waals surface area contributed by atoms with Gasteiger partial charge < -0.3 is 10.1 Å². The summed E-state index contributed by atoms with van der Waals surface area (Å²) in [4.78, 5) is 68.0. The third-order valence-electron chi connectivity index (χ3n) is 7.64. The van der Waals surface area contributed by atoms with Crippen molar-refractivity contribution < 1.29 is 23.9 Å². The van der Waals surface area contributed by atoms with E-state index >= 15 is 0 Å². The Morgan fingerprint density at radius 2 is 1.67 bits per heavy atom. The van der Waals surface area contributed by atoms with Crippen LogP contribution in [0.1, 0.15) is 39.2 Å². The maximum Gasteiger partial charge on any atom is 0.338 e. The van der Waals surface area contributed by atoms with Crippen molar-refractivity contribution >= 4 is 81.4 Å². The summed E-state index contributed by atoms with van der Waals surface area (Å²) in [5.41, 5.74) is 2.69. The molecule has 3 aromatic carbocycles. The highest BCUT2D eigenvalue weighted by Gasteiger charge is 2.57. The lowest BCUT2D eigenvalue weighted by Gasteiger charge is -2.31. The molecule has 1 saturated heterocycles. The van der Waals surface area contributed by atoms with Gasteiger partial charge in [0.25, 0.3) is 0 Å². The number of carbonyl (C=O) groups is 4. The van der Waals surface area contributed by atoms with Gasteiger partial charge >= 0.3 is 10.8 Å². The van der Waals surface area contributed by atoms with Gasteiger partial charge in [0.05, 0.1) is 38.8 Å². The van der Waals surface area contributed by atoms with Gasteiger partial charge in [0, 0.05) is 16.5 Å². The highest BCUT2D eigenvalue weighted by Crippen LogP contribution is 2.55. The number of ether oxygens (including phenoxy) is 1. The van der Waals surface area contributed by atoms with E-state index in [1.54, 1.807) is 37.3 Å². The van der Waals surface area contributed by atoms with Crippen LogP contribution < -0.4 is 15.1 Å². The summed E-state index contributed by atoms with van der Waals surface area (Å²) in [6.45, 7) is 3.55. The third-order valence-corrected chi connectivity index (χ3v) is 11.1. The third kappa shape index (κ3) is 5.69. The number of anilines is 2. The first-order valence-electron chi connectivity index (χ1n) is 13.9. The molecule has 0 spiro atoms. The van der Waals surface area contributed by atoms with E-state index in [2.05, 4.69) is 5.32 Å². The number of hydrogen-bond acceptors (Lipinski definition) is 8. The van der Waals surface area contributed by atoms with E-state index in [9.17, 15) is 24.0 Å². The number of amides is 3. The molecule has 2 unspecified atom stereocenters. The first-order valence-corrected chi connectivity index (χ1v) is 16.4. The summed E-state index contributed by atoms with van der Waals surface area (Å²) in [7, 11) is 0. The fraction of sp³-hybridized carbons (Fsp3) is 0.219. The number of fused-ring (bicyclic) bond motifs is 2. The molecule has 2 aliphatic heterocycles. The first kappa shape index (κ1) is 31.1. The summed E-state index contributed by atoms with van der Waals surface area (Å²) in [5, 5.41) is 2.78. The van der Waals surface area contributed by atoms with Crippen molar-refractivity contribution in [1.29, 1.82) is 0 Å². The van der Waals surface area contributed by atoms with E-state index in [4.69, 9.17) is 27.9 Å². The first-order chi connectivity index (χ1) is 21.6. The number of benzene rings is 3. The van der Waals surface area contributed by atoms with Crippen LogP contribution in [0.4, 0.5) is 11.4 Å². The Bertz CT molecular complexity index is 1910. The number of esters is 1. The van der Waals surface area contributed by atoms with E-state index in [1.165, 1.54) is 28.8 Å². The highest BCUT2D eigenvalue weighted by molar-refractivity contribution is 8.00. The van der Waals surface area contributed by atoms with Crippen LogP contribution in [0.5, 0.6) is 0 Å². The molecule has 45 heavy (non-hydrogen) atoms. The lowest BCUT2D eigenvalue weighted by atomic mass is 9.83. The zero-order valence-electron chi connectivity index (χ0n) is 23.9. The van der Waals surface area contributed by atoms with Crippen LogP contribution in [-0.2, 0) is 25.7 Å². The van der Waals surface area contributed by atoms with Crippen molar-refractivity contribution in [1.82, 2.24) is 4.57 Å². The van der Waals surface area contributed by atoms with Gasteiger partial charge in [0.2, 0.25) is 17.7 Å². The van der Waals surface area contributed by atoms with Crippen molar-refractivity contribution in [3.8, 4) is 0 Å². The summed E-state index contributed by atoms with van der Waals surface area (Å²) >= 11 is 15.1. The SMILES string of the molecule is CCOC(=O)c1ccc(N2C(=O)C3Sc4c(sc(=O)n4CC(=O)Nc4ccc(C)cc4)[C@H](c4cccc(Cl)c4Cl)C3C2=O)cc1. The molecule has 3 heterocycles. The van der Waals surface area contributed by atoms with Gasteiger partial charge in [0.1, 0.15) is 11.8 Å². The molecular weight excluding hydrogens is 657 g/mol. The maximum absolute atomic E-state index is 14.1. The number of thiazole rings is 1. The molecule has 1 N–H and O–H groups in total. The minimum atomic E-state index is -0.921. The lowest BCUT2D eigenvalue weighted by molar-refractivity contribution is -0.122. The molecule has 6 rings (SSSR count). The molecule has 4 aromatic rings. The number of aryl methyl sites for hydroxylation is 1. The molecule has 2 aliphatic rings. The molecule has 3 atom stereocenters. The Kier molecular flexibility index (Phi) is 8.62. The quantitative estimate of drug-likeness (QED) is 0.184. The molecular formula is C32H25Cl2N3O6S2. The van der Waals surface area contributed by atoms with Crippen molar-refractivity contribution in [3.63, 3.8) is 0 Å². The molecule has 1 fully saturated rings. The van der Waals surface area contributed by atoms with Gasteiger partial charge in [-0.25, -0.2) is 9.69 Å². The van der Waals surface area contributed by atoms with Crippen molar-refractivity contribution in [3.05, 3.63) is 108 Å². The van der Waals surface area contributed by atoms with Crippen LogP contribution in [0.25, 0.3) is 0 Å². The van der Waals surface area contributed by atoms with Crippen molar-refractivity contribution in [2.45, 2.75) is 36.6 Å². The summed E-state index contributed by atoms with van der Waals surface area (Å²) in [6, 6.07) is 18.3. The van der Waals surface area contributed by atoms with Gasteiger partial charge in [-0.2, -0.15) is 0 Å². The Morgan fingerprint density at radius 3 is 2.36 bits per heavy atom. The number of nitrogens with zero attached hydrogens (tertiary/aromatic N) is 2. The maximum atomic E-state index is 14.1. The van der Waals surface area contributed by atoms with Gasteiger partial charge in [0.15, 0.2) is 0 Å². The minimum Gasteiger partial charge on any atom is -0.462 e. The molecule has 230 valence electrons. The number of thioether (sulfide) groups is 1. The van der Waals surface area contributed by atoms with Crippen molar-refractivity contribution in [2.24, 2.45) is 5.92 Å². The van der Waals surface area contributed by atoms with Crippen LogP contribution in [0.15, 0.2) is 76.6 Å². The zero-order valence-corrected chi connectivity index (χ0v) is 27.1. The molecule has 1 aromatic heterocycles. The largest absolute Gasteiger partial charge is 0.462 e. The van der Waals surface area contributed by atoms with Crippen LogP contribution in [0.3, 0.4) is 0 Å². The van der Waals surface area contributed by atoms with Crippen LogP contribution >= 0.6 is 46.3 Å². The Morgan fingerprint density at radius 1 is 0.956 bits per heavy atom. The monoisotopic (exact) mass is 681 g/mol. The number of hydrogen-bond donors (Lipinski definition) is 1. The van der Waals surface area contributed by atoms with Crippen molar-refractivity contribution in [2.75, 3.05) is 16.8 Å². The molecule has 0 radical (unpaired) electrons. The summed E-state index contributed by atoms with van der Waals surface area (Å²) < 4.78 is 6.38. The number of nitrogens with one attached hydrogen (secondary N) is 1. The normalized spacial score (nSPS) is 18.8. The Balaban J connectivity index is 1.39. The van der Waals surface area contributed by atoms with E-state index in [0.717, 1.165) is 33.6 Å². The smallest absolute Gasteiger partial charge is 0.338 e. The number of aromatic nitrogens is 1. The van der Waals surface area contributed by atoms with Gasteiger partial charge in [-0.05, 0) is 61.9 Å². The van der Waals surface area contributed by atoms with E-state index in [1.807, 2.05) is 19.1 Å². The van der Waals surface area contributed by atoms with Gasteiger partial charge in [-0.1, -0.05) is 76.1 Å². The number of rotatable bonds is 7. The number of halogens is 2. The van der Waals surface area contributed by atoms with Gasteiger partial charge in [-0.3, -0.25) is 23.7 Å². The summed E-state index contributed by atoms with van der Waals surface area (Å²) in [6.07, 6.45) is 0. The molecule has 13 heteroatoms. The fourth-order valence-electron chi connectivity index (χ4n) is 5.55. The second-order valence-corrected chi connectivity index (χ2v) is 13.4. The second kappa shape index (κ2) is 12.5. The minimum absolute atomic E-state index is 0.209. The van der Waals surface area contributed by atoms with Crippen LogP contribution in [0, 0.1) is 12.8 Å². The molecule has 0 bridgehead atoms. The van der Waals surface area contributed by atoms with Gasteiger partial charge in [-0.15, -0.1) is 0 Å². The molecule has 0 aliphatic carbocycles. The van der Waals surface area contributed by atoms with E-state index < -0.39 is 45.6 Å². The molecule has 3 amide bonds. The topological polar surface area (TPSA) is 115 Å². The lowest BCUT2D eigenvalue weighted by Crippen LogP contribution is -2.33. The molecule has 0 saturated carbocycles. The summed E-state index contributed by atoms with van der Waals surface area (Å²) in [5.74, 6) is -3.59. The average Bonchev–Trinajstić information content (AvgIpc) is 3.46. The average molecular weight is 683 g/mol. The standard InChI is InChI=1S/C32H25Cl2N3O6S2/c1-3-43-31(41)17-9-13-19(14-10-17)37-28(39)24-23(20-5-4-6-21(33)25(20)34)27-30(44-26(24)29(37)40)36(32(42)45-27)15-22(38)35-18-11-7-16(2)8-12-18/h4-14,23-24,26H,3,15H2,1-2H3,(H,35,38)/t23-,24?,26?/m1/s1. The zero-order chi connectivity index (χ0) is 32.0. The fourth-order valence-corrected chi connectivity index (χ4v) is 8.74. The number of imide groups is 1.